The Kier molecular flexibility index (Phi) is 6.25. The summed E-state index contributed by atoms with van der Waals surface area (Å²) in [6, 6.07) is 15.5. The number of nitrogens with one attached hydrogen (secondary N) is 2. The molecule has 1 aliphatic heterocycles. The summed E-state index contributed by atoms with van der Waals surface area (Å²) >= 11 is 0. The average Bonchev–Trinajstić information content (AvgIpc) is 3.21. The lowest BCUT2D eigenvalue weighted by Crippen LogP contribution is -2.19. The minimum Gasteiger partial charge on any atom is -0.371 e. The molecule has 0 fully saturated rings. The normalized spacial score (nSPS) is 12.8. The summed E-state index contributed by atoms with van der Waals surface area (Å²) in [4.78, 5) is 25.2. The zero-order valence-electron chi connectivity index (χ0n) is 18.7. The maximum absolute atomic E-state index is 12.7. The highest BCUT2D eigenvalue weighted by Crippen LogP contribution is 2.31. The third-order valence-corrected chi connectivity index (χ3v) is 7.18. The summed E-state index contributed by atoms with van der Waals surface area (Å²) in [7, 11) is -4.04. The molecule has 1 amide bonds. The van der Waals surface area contributed by atoms with Crippen molar-refractivity contribution < 1.29 is 18.1 Å². The Morgan fingerprint density at radius 1 is 1.06 bits per heavy atom. The molecular weight excluding hydrogens is 456 g/mol. The lowest BCUT2D eigenvalue weighted by Gasteiger charge is -2.17. The minimum atomic E-state index is -4.04. The summed E-state index contributed by atoms with van der Waals surface area (Å²) in [6.07, 6.45) is 0.991. The van der Waals surface area contributed by atoms with Crippen LogP contribution < -0.4 is 14.9 Å². The van der Waals surface area contributed by atoms with Gasteiger partial charge in [-0.25, -0.2) is 8.42 Å². The van der Waals surface area contributed by atoms with Crippen LogP contribution in [-0.2, 0) is 16.4 Å². The highest BCUT2D eigenvalue weighted by Gasteiger charge is 2.21. The Hall–Kier alpha value is -3.92. The van der Waals surface area contributed by atoms with Crippen molar-refractivity contribution in [2.24, 2.45) is 0 Å². The standard InChI is InChI=1S/C24H24N4O5S/c1-3-27-13-12-17-5-10-20(14-23(17)27)25-24(29)18-6-8-19(9-7-18)26-34(32,33)21-11-4-16(2)22(15-21)28(30)31/h4-11,14-15,26H,3,12-13H2,1-2H3,(H,25,29). The smallest absolute Gasteiger partial charge is 0.273 e. The SMILES string of the molecule is CCN1CCc2ccc(NC(=O)c3ccc(NS(=O)(=O)c4ccc(C)c([N+](=O)[O-])c4)cc3)cc21. The number of nitro benzene ring substituents is 1. The van der Waals surface area contributed by atoms with E-state index in [-0.39, 0.29) is 22.2 Å². The van der Waals surface area contributed by atoms with E-state index >= 15 is 0 Å². The number of carbonyl (C=O) groups excluding carboxylic acids is 1. The van der Waals surface area contributed by atoms with Gasteiger partial charge in [0, 0.05) is 47.3 Å². The number of likely N-dealkylation sites (N-methyl/N-ethyl adjacent to an activating group) is 1. The van der Waals surface area contributed by atoms with E-state index in [2.05, 4.69) is 21.9 Å². The van der Waals surface area contributed by atoms with E-state index in [9.17, 15) is 23.3 Å². The molecular formula is C24H24N4O5S. The molecule has 0 aliphatic carbocycles. The van der Waals surface area contributed by atoms with E-state index in [1.807, 2.05) is 18.2 Å². The Morgan fingerprint density at radius 2 is 1.76 bits per heavy atom. The van der Waals surface area contributed by atoms with Gasteiger partial charge in [-0.1, -0.05) is 12.1 Å². The van der Waals surface area contributed by atoms with Gasteiger partial charge in [0.25, 0.3) is 21.6 Å². The monoisotopic (exact) mass is 480 g/mol. The lowest BCUT2D eigenvalue weighted by atomic mass is 10.1. The number of aryl methyl sites for hydroxylation is 1. The molecule has 3 aromatic rings. The number of anilines is 3. The predicted molar refractivity (Wildman–Crippen MR) is 131 cm³/mol. The first-order valence-electron chi connectivity index (χ1n) is 10.7. The number of nitro groups is 1. The van der Waals surface area contributed by atoms with Crippen LogP contribution in [0.2, 0.25) is 0 Å². The van der Waals surface area contributed by atoms with Gasteiger partial charge in [0.15, 0.2) is 0 Å². The van der Waals surface area contributed by atoms with E-state index in [1.54, 1.807) is 0 Å². The fourth-order valence-electron chi connectivity index (χ4n) is 3.91. The Morgan fingerprint density at radius 3 is 2.44 bits per heavy atom. The molecule has 0 aromatic heterocycles. The first kappa shape index (κ1) is 23.2. The number of hydrogen-bond donors (Lipinski definition) is 2. The topological polar surface area (TPSA) is 122 Å². The van der Waals surface area contributed by atoms with Crippen LogP contribution in [-0.4, -0.2) is 32.3 Å². The van der Waals surface area contributed by atoms with Gasteiger partial charge in [-0.2, -0.15) is 0 Å². The number of fused-ring (bicyclic) bond motifs is 1. The Labute approximate surface area is 197 Å². The molecule has 34 heavy (non-hydrogen) atoms. The van der Waals surface area contributed by atoms with Gasteiger partial charge in [-0.05, 0) is 68.3 Å². The van der Waals surface area contributed by atoms with Crippen LogP contribution in [0.1, 0.15) is 28.4 Å². The first-order valence-corrected chi connectivity index (χ1v) is 12.2. The van der Waals surface area contributed by atoms with Gasteiger partial charge in [-0.3, -0.25) is 19.6 Å². The lowest BCUT2D eigenvalue weighted by molar-refractivity contribution is -0.385. The first-order chi connectivity index (χ1) is 16.2. The highest BCUT2D eigenvalue weighted by atomic mass is 32.2. The number of benzene rings is 3. The number of hydrogen-bond acceptors (Lipinski definition) is 6. The zero-order chi connectivity index (χ0) is 24.5. The highest BCUT2D eigenvalue weighted by molar-refractivity contribution is 7.92. The maximum Gasteiger partial charge on any atom is 0.273 e. The number of sulfonamides is 1. The fraction of sp³-hybridized carbons (Fsp3) is 0.208. The molecule has 0 bridgehead atoms. The molecule has 4 rings (SSSR count). The van der Waals surface area contributed by atoms with Crippen LogP contribution in [0.3, 0.4) is 0 Å². The number of nitrogens with zero attached hydrogens (tertiary/aromatic N) is 2. The number of carbonyl (C=O) groups is 1. The molecule has 3 aromatic carbocycles. The predicted octanol–water partition coefficient (Wildman–Crippen LogP) is 4.34. The van der Waals surface area contributed by atoms with Crippen LogP contribution in [0.15, 0.2) is 65.6 Å². The summed E-state index contributed by atoms with van der Waals surface area (Å²) in [6.45, 7) is 5.50. The summed E-state index contributed by atoms with van der Waals surface area (Å²) in [5.74, 6) is -0.315. The van der Waals surface area contributed by atoms with Gasteiger partial charge in [0.05, 0.1) is 9.82 Å². The van der Waals surface area contributed by atoms with Crippen LogP contribution in [0.4, 0.5) is 22.7 Å². The molecule has 0 saturated carbocycles. The van der Waals surface area contributed by atoms with Gasteiger partial charge >= 0.3 is 0 Å². The van der Waals surface area contributed by atoms with Crippen LogP contribution >= 0.6 is 0 Å². The number of amides is 1. The van der Waals surface area contributed by atoms with Crippen molar-refractivity contribution in [1.82, 2.24) is 0 Å². The molecule has 2 N–H and O–H groups in total. The molecule has 176 valence electrons. The second kappa shape index (κ2) is 9.14. The molecule has 10 heteroatoms. The van der Waals surface area contributed by atoms with E-state index in [0.29, 0.717) is 16.8 Å². The summed E-state index contributed by atoms with van der Waals surface area (Å²) in [5.41, 5.74) is 3.76. The third-order valence-electron chi connectivity index (χ3n) is 5.80. The van der Waals surface area contributed by atoms with Crippen molar-refractivity contribution in [3.63, 3.8) is 0 Å². The third kappa shape index (κ3) is 4.72. The second-order valence-corrected chi connectivity index (χ2v) is 9.70. The summed E-state index contributed by atoms with van der Waals surface area (Å²) in [5, 5.41) is 14.0. The number of rotatable bonds is 7. The Bertz CT molecular complexity index is 1370. The van der Waals surface area contributed by atoms with E-state index < -0.39 is 14.9 Å². The van der Waals surface area contributed by atoms with Crippen molar-refractivity contribution in [3.8, 4) is 0 Å². The van der Waals surface area contributed by atoms with Gasteiger partial charge in [-0.15, -0.1) is 0 Å². The van der Waals surface area contributed by atoms with Crippen molar-refractivity contribution in [1.29, 1.82) is 0 Å². The second-order valence-electron chi connectivity index (χ2n) is 8.02. The van der Waals surface area contributed by atoms with Crippen LogP contribution in [0.25, 0.3) is 0 Å². The summed E-state index contributed by atoms with van der Waals surface area (Å²) < 4.78 is 27.7. The van der Waals surface area contributed by atoms with Crippen LogP contribution in [0, 0.1) is 17.0 Å². The minimum absolute atomic E-state index is 0.218. The van der Waals surface area contributed by atoms with Crippen molar-refractivity contribution in [2.45, 2.75) is 25.2 Å². The molecule has 0 spiro atoms. The van der Waals surface area contributed by atoms with Gasteiger partial charge in [0.2, 0.25) is 0 Å². The van der Waals surface area contributed by atoms with Gasteiger partial charge < -0.3 is 10.2 Å². The molecule has 1 heterocycles. The largest absolute Gasteiger partial charge is 0.371 e. The maximum atomic E-state index is 12.7. The average molecular weight is 481 g/mol. The van der Waals surface area contributed by atoms with Crippen LogP contribution in [0.5, 0.6) is 0 Å². The molecule has 0 radical (unpaired) electrons. The van der Waals surface area contributed by atoms with Crippen molar-refractivity contribution >= 4 is 38.7 Å². The van der Waals surface area contributed by atoms with E-state index in [4.69, 9.17) is 0 Å². The van der Waals surface area contributed by atoms with Crippen molar-refractivity contribution in [3.05, 3.63) is 87.5 Å². The molecule has 0 saturated heterocycles. The Balaban J connectivity index is 1.47. The van der Waals surface area contributed by atoms with Crippen molar-refractivity contribution in [2.75, 3.05) is 28.0 Å². The zero-order valence-corrected chi connectivity index (χ0v) is 19.6. The fourth-order valence-corrected chi connectivity index (χ4v) is 4.99. The molecule has 1 aliphatic rings. The molecule has 9 nitrogen and oxygen atoms in total. The van der Waals surface area contributed by atoms with E-state index in [0.717, 1.165) is 31.3 Å². The molecule has 0 atom stereocenters. The quantitative estimate of drug-likeness (QED) is 0.383. The van der Waals surface area contributed by atoms with E-state index in [1.165, 1.54) is 48.9 Å². The van der Waals surface area contributed by atoms with Gasteiger partial charge in [0.1, 0.15) is 0 Å². The molecule has 0 unspecified atom stereocenters.